The summed E-state index contributed by atoms with van der Waals surface area (Å²) in [5.74, 6) is 0.854. The molecule has 0 spiro atoms. The van der Waals surface area contributed by atoms with E-state index in [1.165, 1.54) is 4.88 Å². The summed E-state index contributed by atoms with van der Waals surface area (Å²) in [6.45, 7) is 3.06. The van der Waals surface area contributed by atoms with Crippen LogP contribution in [0.15, 0.2) is 49.1 Å². The van der Waals surface area contributed by atoms with Gasteiger partial charge in [-0.05, 0) is 26.1 Å². The lowest BCUT2D eigenvalue weighted by Crippen LogP contribution is -2.30. The van der Waals surface area contributed by atoms with Crippen LogP contribution in [-0.2, 0) is 13.0 Å². The standard InChI is InChI=1S/C19H22N4OS/c1-14(10-15-11-20-8-9-21-15)23(2)13-16-12-22-19(25-16)17-6-4-5-7-18(17)24-3/h4-9,11-12,14H,10,13H2,1-3H3/t14-/m0/s1. The molecule has 0 bridgehead atoms. The van der Waals surface area contributed by atoms with E-state index in [9.17, 15) is 0 Å². The molecular formula is C19H22N4OS. The fraction of sp³-hybridized carbons (Fsp3) is 0.316. The highest BCUT2D eigenvalue weighted by Gasteiger charge is 2.14. The molecule has 0 N–H and O–H groups in total. The first-order valence-electron chi connectivity index (χ1n) is 8.20. The van der Waals surface area contributed by atoms with Gasteiger partial charge in [0.25, 0.3) is 0 Å². The Kier molecular flexibility index (Phi) is 5.73. The van der Waals surface area contributed by atoms with Crippen molar-refractivity contribution in [3.63, 3.8) is 0 Å². The molecule has 1 atom stereocenters. The SMILES string of the molecule is COc1ccccc1-c1ncc(CN(C)[C@@H](C)Cc2cnccn2)s1. The van der Waals surface area contributed by atoms with E-state index in [-0.39, 0.29) is 0 Å². The molecule has 2 aromatic heterocycles. The van der Waals surface area contributed by atoms with E-state index in [1.54, 1.807) is 30.8 Å². The van der Waals surface area contributed by atoms with Crippen molar-refractivity contribution in [2.24, 2.45) is 0 Å². The van der Waals surface area contributed by atoms with E-state index in [2.05, 4.69) is 33.8 Å². The van der Waals surface area contributed by atoms with Gasteiger partial charge < -0.3 is 4.74 Å². The van der Waals surface area contributed by atoms with Gasteiger partial charge in [0.15, 0.2) is 0 Å². The van der Waals surface area contributed by atoms with Crippen molar-refractivity contribution < 1.29 is 4.74 Å². The van der Waals surface area contributed by atoms with E-state index in [0.29, 0.717) is 6.04 Å². The van der Waals surface area contributed by atoms with Crippen molar-refractivity contribution in [3.8, 4) is 16.3 Å². The topological polar surface area (TPSA) is 51.1 Å². The summed E-state index contributed by atoms with van der Waals surface area (Å²) in [4.78, 5) is 16.6. The minimum absolute atomic E-state index is 0.369. The van der Waals surface area contributed by atoms with Crippen LogP contribution < -0.4 is 4.74 Å². The largest absolute Gasteiger partial charge is 0.496 e. The molecule has 0 aliphatic heterocycles. The van der Waals surface area contributed by atoms with E-state index >= 15 is 0 Å². The van der Waals surface area contributed by atoms with Gasteiger partial charge in [-0.1, -0.05) is 12.1 Å². The van der Waals surface area contributed by atoms with Crippen LogP contribution in [0.5, 0.6) is 5.75 Å². The number of likely N-dealkylation sites (N-methyl/N-ethyl adjacent to an activating group) is 1. The number of hydrogen-bond acceptors (Lipinski definition) is 6. The van der Waals surface area contributed by atoms with E-state index < -0.39 is 0 Å². The van der Waals surface area contributed by atoms with Gasteiger partial charge in [-0.2, -0.15) is 0 Å². The second-order valence-electron chi connectivity index (χ2n) is 6.00. The summed E-state index contributed by atoms with van der Waals surface area (Å²) in [5, 5.41) is 0.988. The molecule has 2 heterocycles. The van der Waals surface area contributed by atoms with Gasteiger partial charge in [0.05, 0.1) is 18.4 Å². The summed E-state index contributed by atoms with van der Waals surface area (Å²) in [7, 11) is 3.82. The maximum Gasteiger partial charge on any atom is 0.129 e. The van der Waals surface area contributed by atoms with Gasteiger partial charge in [0, 0.05) is 48.7 Å². The molecule has 0 saturated heterocycles. The summed E-state index contributed by atoms with van der Waals surface area (Å²) in [6.07, 6.45) is 8.11. The van der Waals surface area contributed by atoms with Gasteiger partial charge in [-0.3, -0.25) is 14.9 Å². The third-order valence-corrected chi connectivity index (χ3v) is 5.19. The molecule has 0 saturated carbocycles. The van der Waals surface area contributed by atoms with Crippen molar-refractivity contribution in [1.29, 1.82) is 0 Å². The number of methoxy groups -OCH3 is 1. The summed E-state index contributed by atoms with van der Waals surface area (Å²) in [6, 6.07) is 8.36. The number of hydrogen-bond donors (Lipinski definition) is 0. The maximum absolute atomic E-state index is 5.44. The smallest absolute Gasteiger partial charge is 0.129 e. The molecule has 3 aromatic rings. The molecule has 1 aromatic carbocycles. The van der Waals surface area contributed by atoms with Crippen molar-refractivity contribution in [3.05, 3.63) is 59.6 Å². The summed E-state index contributed by atoms with van der Waals surface area (Å²) in [5.41, 5.74) is 2.05. The Morgan fingerprint density at radius 3 is 2.76 bits per heavy atom. The zero-order valence-corrected chi connectivity index (χ0v) is 15.5. The molecule has 5 nitrogen and oxygen atoms in total. The average molecular weight is 354 g/mol. The van der Waals surface area contributed by atoms with Crippen LogP contribution in [0.2, 0.25) is 0 Å². The molecule has 3 rings (SSSR count). The first kappa shape index (κ1) is 17.5. The zero-order chi connectivity index (χ0) is 17.6. The van der Waals surface area contributed by atoms with Crippen LogP contribution in [0.3, 0.4) is 0 Å². The van der Waals surface area contributed by atoms with E-state index in [4.69, 9.17) is 4.74 Å². The Morgan fingerprint density at radius 1 is 1.16 bits per heavy atom. The van der Waals surface area contributed by atoms with Crippen LogP contribution in [0.25, 0.3) is 10.6 Å². The van der Waals surface area contributed by atoms with Crippen molar-refractivity contribution in [1.82, 2.24) is 19.9 Å². The average Bonchev–Trinajstić information content (AvgIpc) is 3.10. The van der Waals surface area contributed by atoms with E-state index in [1.807, 2.05) is 36.7 Å². The van der Waals surface area contributed by atoms with Gasteiger partial charge in [-0.15, -0.1) is 11.3 Å². The second-order valence-corrected chi connectivity index (χ2v) is 7.11. The number of rotatable bonds is 7. The predicted molar refractivity (Wildman–Crippen MR) is 101 cm³/mol. The third-order valence-electron chi connectivity index (χ3n) is 4.17. The van der Waals surface area contributed by atoms with Crippen LogP contribution in [0, 0.1) is 0 Å². The quantitative estimate of drug-likeness (QED) is 0.648. The molecule has 0 aliphatic rings. The highest BCUT2D eigenvalue weighted by Crippen LogP contribution is 2.33. The van der Waals surface area contributed by atoms with Gasteiger partial charge in [0.2, 0.25) is 0 Å². The van der Waals surface area contributed by atoms with Crippen LogP contribution >= 0.6 is 11.3 Å². The highest BCUT2D eigenvalue weighted by molar-refractivity contribution is 7.15. The van der Waals surface area contributed by atoms with Crippen molar-refractivity contribution in [2.45, 2.75) is 25.9 Å². The fourth-order valence-electron chi connectivity index (χ4n) is 2.62. The first-order valence-corrected chi connectivity index (χ1v) is 9.02. The van der Waals surface area contributed by atoms with Crippen LogP contribution in [-0.4, -0.2) is 40.1 Å². The molecular weight excluding hydrogens is 332 g/mol. The highest BCUT2D eigenvalue weighted by atomic mass is 32.1. The molecule has 0 aliphatic carbocycles. The summed E-state index contributed by atoms with van der Waals surface area (Å²) >= 11 is 1.71. The zero-order valence-electron chi connectivity index (χ0n) is 14.7. The third kappa shape index (κ3) is 4.41. The lowest BCUT2D eigenvalue weighted by Gasteiger charge is -2.23. The number of thiazole rings is 1. The Labute approximate surface area is 152 Å². The fourth-order valence-corrected chi connectivity index (χ4v) is 3.63. The Balaban J connectivity index is 1.66. The lowest BCUT2D eigenvalue weighted by molar-refractivity contribution is 0.248. The second kappa shape index (κ2) is 8.18. The number of aromatic nitrogens is 3. The number of ether oxygens (including phenoxy) is 1. The van der Waals surface area contributed by atoms with E-state index in [0.717, 1.165) is 35.0 Å². The number of benzene rings is 1. The molecule has 0 amide bonds. The van der Waals surface area contributed by atoms with Crippen molar-refractivity contribution >= 4 is 11.3 Å². The lowest BCUT2D eigenvalue weighted by atomic mass is 10.1. The Bertz CT molecular complexity index is 806. The predicted octanol–water partition coefficient (Wildman–Crippen LogP) is 3.67. The van der Waals surface area contributed by atoms with Gasteiger partial charge in [-0.25, -0.2) is 4.98 Å². The molecule has 0 unspecified atom stereocenters. The molecule has 25 heavy (non-hydrogen) atoms. The van der Waals surface area contributed by atoms with Crippen LogP contribution in [0.4, 0.5) is 0 Å². The minimum atomic E-state index is 0.369. The monoisotopic (exact) mass is 354 g/mol. The maximum atomic E-state index is 5.44. The Morgan fingerprint density at radius 2 is 2.00 bits per heavy atom. The first-order chi connectivity index (χ1) is 12.2. The molecule has 130 valence electrons. The number of para-hydroxylation sites is 1. The normalized spacial score (nSPS) is 12.3. The molecule has 0 radical (unpaired) electrons. The summed E-state index contributed by atoms with van der Waals surface area (Å²) < 4.78 is 5.44. The van der Waals surface area contributed by atoms with Crippen molar-refractivity contribution in [2.75, 3.05) is 14.2 Å². The Hall–Kier alpha value is -2.31. The minimum Gasteiger partial charge on any atom is -0.496 e. The van der Waals surface area contributed by atoms with Crippen LogP contribution in [0.1, 0.15) is 17.5 Å². The van der Waals surface area contributed by atoms with Gasteiger partial charge >= 0.3 is 0 Å². The number of nitrogens with zero attached hydrogens (tertiary/aromatic N) is 4. The molecule has 0 fully saturated rings. The molecule has 6 heteroatoms. The van der Waals surface area contributed by atoms with Gasteiger partial charge in [0.1, 0.15) is 10.8 Å².